The third kappa shape index (κ3) is 3.21. The van der Waals surface area contributed by atoms with Crippen molar-refractivity contribution in [1.82, 2.24) is 4.90 Å². The predicted octanol–water partition coefficient (Wildman–Crippen LogP) is 4.28. The molecule has 124 valence electrons. The summed E-state index contributed by atoms with van der Waals surface area (Å²) in [5, 5.41) is 9.76. The normalized spacial score (nSPS) is 16.6. The largest absolute Gasteiger partial charge is 0.478 e. The molecule has 0 aliphatic heterocycles. The van der Waals surface area contributed by atoms with Crippen LogP contribution in [0.4, 0.5) is 0 Å². The molecule has 0 radical (unpaired) electrons. The van der Waals surface area contributed by atoms with Gasteiger partial charge in [0.2, 0.25) is 0 Å². The minimum Gasteiger partial charge on any atom is -0.478 e. The number of carboxylic acids is 1. The van der Waals surface area contributed by atoms with Gasteiger partial charge in [0.15, 0.2) is 0 Å². The van der Waals surface area contributed by atoms with Crippen LogP contribution in [0, 0.1) is 5.41 Å². The number of thiophene rings is 1. The molecular formula is C18H23NO3S. The van der Waals surface area contributed by atoms with Crippen LogP contribution in [-0.4, -0.2) is 30.1 Å². The molecule has 0 unspecified atom stereocenters. The van der Waals surface area contributed by atoms with Gasteiger partial charge in [-0.3, -0.25) is 0 Å². The van der Waals surface area contributed by atoms with Gasteiger partial charge in [-0.05, 0) is 50.4 Å². The molecule has 2 heterocycles. The zero-order valence-corrected chi connectivity index (χ0v) is 14.9. The summed E-state index contributed by atoms with van der Waals surface area (Å²) >= 11 is 1.62. The molecule has 1 aliphatic carbocycles. The number of aryl methyl sites for hydroxylation is 1. The number of hydrogen-bond donors (Lipinski definition) is 1. The smallest absolute Gasteiger partial charge is 0.337 e. The Morgan fingerprint density at radius 1 is 1.43 bits per heavy atom. The van der Waals surface area contributed by atoms with E-state index in [1.165, 1.54) is 4.88 Å². The lowest BCUT2D eigenvalue weighted by Crippen LogP contribution is -2.22. The van der Waals surface area contributed by atoms with Crippen molar-refractivity contribution in [3.63, 3.8) is 0 Å². The first-order valence-corrected chi connectivity index (χ1v) is 8.69. The number of carboxylic acid groups (broad SMARTS) is 1. The highest BCUT2D eigenvalue weighted by Gasteiger charge is 2.33. The number of hydrogen-bond acceptors (Lipinski definition) is 4. The van der Waals surface area contributed by atoms with E-state index < -0.39 is 5.97 Å². The van der Waals surface area contributed by atoms with E-state index in [1.54, 1.807) is 17.6 Å². The van der Waals surface area contributed by atoms with E-state index in [0.717, 1.165) is 41.0 Å². The fourth-order valence-corrected chi connectivity index (χ4v) is 4.53. The molecule has 0 spiro atoms. The molecule has 0 atom stereocenters. The van der Waals surface area contributed by atoms with E-state index >= 15 is 0 Å². The minimum atomic E-state index is -0.828. The molecule has 23 heavy (non-hydrogen) atoms. The molecule has 0 aromatic carbocycles. The van der Waals surface area contributed by atoms with Gasteiger partial charge in [0.1, 0.15) is 5.76 Å². The van der Waals surface area contributed by atoms with E-state index in [2.05, 4.69) is 13.8 Å². The first-order valence-electron chi connectivity index (χ1n) is 7.87. The Morgan fingerprint density at radius 3 is 2.83 bits per heavy atom. The molecule has 1 aliphatic rings. The highest BCUT2D eigenvalue weighted by atomic mass is 32.1. The Hall–Kier alpha value is -1.59. The Labute approximate surface area is 140 Å². The van der Waals surface area contributed by atoms with Gasteiger partial charge in [-0.25, -0.2) is 4.79 Å². The van der Waals surface area contributed by atoms with Crippen molar-refractivity contribution in [2.75, 3.05) is 14.1 Å². The summed E-state index contributed by atoms with van der Waals surface area (Å²) in [6.45, 7) is 5.14. The van der Waals surface area contributed by atoms with Crippen LogP contribution in [0.2, 0.25) is 0 Å². The fraction of sp³-hybridized carbons (Fsp3) is 0.500. The Bertz CT molecular complexity index is 740. The van der Waals surface area contributed by atoms with Gasteiger partial charge in [0, 0.05) is 10.4 Å². The van der Waals surface area contributed by atoms with Gasteiger partial charge < -0.3 is 14.4 Å². The topological polar surface area (TPSA) is 53.7 Å². The standard InChI is InChI=1S/C18H23NO3S/c1-18(2)6-5-14-13(8-18)15(17(20)21)16(23-14)11-7-12(22-10-11)9-19(3)4/h7,10H,5-6,8-9H2,1-4H3,(H,20,21). The molecule has 1 N–H and O–H groups in total. The summed E-state index contributed by atoms with van der Waals surface area (Å²) in [5.74, 6) is 0.0265. The lowest BCUT2D eigenvalue weighted by molar-refractivity contribution is 0.0696. The van der Waals surface area contributed by atoms with E-state index in [0.29, 0.717) is 12.1 Å². The molecule has 3 rings (SSSR count). The van der Waals surface area contributed by atoms with Crippen molar-refractivity contribution in [2.24, 2.45) is 5.41 Å². The van der Waals surface area contributed by atoms with E-state index in [-0.39, 0.29) is 5.41 Å². The minimum absolute atomic E-state index is 0.169. The van der Waals surface area contributed by atoms with Gasteiger partial charge >= 0.3 is 5.97 Å². The summed E-state index contributed by atoms with van der Waals surface area (Å²) in [5.41, 5.74) is 2.57. The summed E-state index contributed by atoms with van der Waals surface area (Å²) < 4.78 is 5.61. The first-order chi connectivity index (χ1) is 10.8. The number of furan rings is 1. The first kappa shape index (κ1) is 16.3. The fourth-order valence-electron chi connectivity index (χ4n) is 3.24. The molecule has 4 nitrogen and oxygen atoms in total. The maximum Gasteiger partial charge on any atom is 0.337 e. The average Bonchev–Trinajstić information content (AvgIpc) is 3.00. The quantitative estimate of drug-likeness (QED) is 0.907. The molecule has 0 fully saturated rings. The van der Waals surface area contributed by atoms with Crippen molar-refractivity contribution in [1.29, 1.82) is 0 Å². The molecule has 0 saturated carbocycles. The summed E-state index contributed by atoms with van der Waals surface area (Å²) in [6, 6.07) is 1.97. The monoisotopic (exact) mass is 333 g/mol. The second kappa shape index (κ2) is 5.80. The molecule has 0 saturated heterocycles. The van der Waals surface area contributed by atoms with Gasteiger partial charge in [0.25, 0.3) is 0 Å². The van der Waals surface area contributed by atoms with E-state index in [9.17, 15) is 9.90 Å². The van der Waals surface area contributed by atoms with Crippen LogP contribution in [0.15, 0.2) is 16.7 Å². The van der Waals surface area contributed by atoms with Crippen LogP contribution < -0.4 is 0 Å². The Kier molecular flexibility index (Phi) is 4.10. The van der Waals surface area contributed by atoms with Crippen LogP contribution in [0.5, 0.6) is 0 Å². The average molecular weight is 333 g/mol. The van der Waals surface area contributed by atoms with Crippen molar-refractivity contribution in [3.05, 3.63) is 34.1 Å². The Balaban J connectivity index is 2.05. The Morgan fingerprint density at radius 2 is 2.17 bits per heavy atom. The third-order valence-corrected chi connectivity index (χ3v) is 5.72. The predicted molar refractivity (Wildman–Crippen MR) is 92.2 cm³/mol. The number of nitrogens with zero attached hydrogens (tertiary/aromatic N) is 1. The number of fused-ring (bicyclic) bond motifs is 1. The van der Waals surface area contributed by atoms with Crippen LogP contribution in [0.3, 0.4) is 0 Å². The number of rotatable bonds is 4. The van der Waals surface area contributed by atoms with E-state index in [4.69, 9.17) is 4.42 Å². The molecule has 0 bridgehead atoms. The molecule has 5 heteroatoms. The lowest BCUT2D eigenvalue weighted by Gasteiger charge is -2.29. The second-order valence-electron chi connectivity index (χ2n) is 7.39. The number of carbonyl (C=O) groups is 1. The van der Waals surface area contributed by atoms with Crippen LogP contribution in [0.25, 0.3) is 10.4 Å². The maximum atomic E-state index is 11.9. The van der Waals surface area contributed by atoms with Crippen LogP contribution in [0.1, 0.15) is 46.8 Å². The third-order valence-electron chi connectivity index (χ3n) is 4.38. The van der Waals surface area contributed by atoms with Crippen molar-refractivity contribution < 1.29 is 14.3 Å². The summed E-state index contributed by atoms with van der Waals surface area (Å²) in [7, 11) is 3.97. The van der Waals surface area contributed by atoms with Gasteiger partial charge in [-0.1, -0.05) is 13.8 Å². The van der Waals surface area contributed by atoms with Crippen molar-refractivity contribution in [2.45, 2.75) is 39.7 Å². The summed E-state index contributed by atoms with van der Waals surface area (Å²) in [4.78, 5) is 16.0. The van der Waals surface area contributed by atoms with Gasteiger partial charge in [-0.2, -0.15) is 0 Å². The van der Waals surface area contributed by atoms with Crippen LogP contribution >= 0.6 is 11.3 Å². The SMILES string of the molecule is CN(C)Cc1cc(-c2sc3c(c2C(=O)O)CC(C)(C)CC3)co1. The van der Waals surface area contributed by atoms with Gasteiger partial charge in [0.05, 0.1) is 23.2 Å². The number of aromatic carboxylic acids is 1. The highest BCUT2D eigenvalue weighted by Crippen LogP contribution is 2.45. The molecular weight excluding hydrogens is 310 g/mol. The molecule has 2 aromatic heterocycles. The maximum absolute atomic E-state index is 11.9. The van der Waals surface area contributed by atoms with Crippen LogP contribution in [-0.2, 0) is 19.4 Å². The van der Waals surface area contributed by atoms with E-state index in [1.807, 2.05) is 25.1 Å². The molecule has 0 amide bonds. The zero-order chi connectivity index (χ0) is 16.8. The zero-order valence-electron chi connectivity index (χ0n) is 14.1. The summed E-state index contributed by atoms with van der Waals surface area (Å²) in [6.07, 6.45) is 4.60. The van der Waals surface area contributed by atoms with Gasteiger partial charge in [-0.15, -0.1) is 11.3 Å². The van der Waals surface area contributed by atoms with Crippen molar-refractivity contribution >= 4 is 17.3 Å². The second-order valence-corrected chi connectivity index (χ2v) is 8.50. The lowest BCUT2D eigenvalue weighted by atomic mass is 9.76. The van der Waals surface area contributed by atoms with Crippen molar-refractivity contribution in [3.8, 4) is 10.4 Å². The highest BCUT2D eigenvalue weighted by molar-refractivity contribution is 7.16. The molecule has 2 aromatic rings.